The zero-order valence-electron chi connectivity index (χ0n) is 17.4. The predicted molar refractivity (Wildman–Crippen MR) is 119 cm³/mol. The molecule has 2 fully saturated rings. The van der Waals surface area contributed by atoms with Crippen molar-refractivity contribution in [2.75, 3.05) is 11.9 Å². The largest absolute Gasteiger partial charge is 0.507 e. The van der Waals surface area contributed by atoms with Crippen LogP contribution in [-0.2, 0) is 0 Å². The number of benzene rings is 1. The summed E-state index contributed by atoms with van der Waals surface area (Å²) in [5.74, 6) is 0.759. The highest BCUT2D eigenvalue weighted by atomic mass is 19.1. The number of phenolic OH excluding ortho intramolecular Hbond substituents is 1. The van der Waals surface area contributed by atoms with Crippen LogP contribution in [0.25, 0.3) is 22.5 Å². The van der Waals surface area contributed by atoms with Crippen LogP contribution >= 0.6 is 0 Å². The fraction of sp³-hybridized carbons (Fsp3) is 0.375. The Morgan fingerprint density at radius 1 is 1.06 bits per heavy atom. The van der Waals surface area contributed by atoms with Crippen LogP contribution in [0.5, 0.6) is 5.75 Å². The number of alkyl halides is 1. The summed E-state index contributed by atoms with van der Waals surface area (Å²) in [6.07, 6.45) is 4.65. The van der Waals surface area contributed by atoms with Crippen molar-refractivity contribution in [1.29, 1.82) is 0 Å². The van der Waals surface area contributed by atoms with E-state index < -0.39 is 6.17 Å². The van der Waals surface area contributed by atoms with E-state index >= 15 is 4.39 Å². The average molecular weight is 420 g/mol. The molecule has 160 valence electrons. The van der Waals surface area contributed by atoms with E-state index in [4.69, 9.17) is 0 Å². The maximum absolute atomic E-state index is 15.0. The number of piperidine rings is 2. The molecule has 0 radical (unpaired) electrons. The summed E-state index contributed by atoms with van der Waals surface area (Å²) in [6.45, 7) is 0. The molecule has 3 aromatic rings. The normalized spacial score (nSPS) is 25.2. The van der Waals surface area contributed by atoms with E-state index in [9.17, 15) is 5.11 Å². The number of nitrogens with zero attached hydrogens (tertiary/aromatic N) is 4. The van der Waals surface area contributed by atoms with E-state index in [0.29, 0.717) is 23.1 Å². The topological polar surface area (TPSA) is 74.2 Å². The first-order chi connectivity index (χ1) is 15.1. The Morgan fingerprint density at radius 3 is 2.71 bits per heavy atom. The zero-order valence-corrected chi connectivity index (χ0v) is 17.4. The quantitative estimate of drug-likeness (QED) is 0.667. The molecular formula is C24H26FN5O. The van der Waals surface area contributed by atoms with Gasteiger partial charge >= 0.3 is 0 Å². The Bertz CT molecular complexity index is 1050. The molecule has 2 aliphatic heterocycles. The zero-order chi connectivity index (χ0) is 21.4. The van der Waals surface area contributed by atoms with Crippen LogP contribution in [0, 0.1) is 0 Å². The van der Waals surface area contributed by atoms with Crippen LogP contribution in [-0.4, -0.2) is 51.6 Å². The molecule has 6 nitrogen and oxygen atoms in total. The molecule has 0 saturated carbocycles. The molecule has 2 unspecified atom stereocenters. The van der Waals surface area contributed by atoms with Crippen molar-refractivity contribution in [2.24, 2.45) is 0 Å². The minimum atomic E-state index is -0.925. The van der Waals surface area contributed by atoms with Gasteiger partial charge in [0.15, 0.2) is 5.82 Å². The van der Waals surface area contributed by atoms with E-state index in [1.54, 1.807) is 12.3 Å². The number of halogens is 1. The number of hydrogen-bond donors (Lipinski definition) is 2. The average Bonchev–Trinajstić information content (AvgIpc) is 2.82. The van der Waals surface area contributed by atoms with Crippen molar-refractivity contribution in [1.82, 2.24) is 20.5 Å². The first-order valence-electron chi connectivity index (χ1n) is 10.8. The number of phenols is 1. The number of fused-ring (bicyclic) bond motifs is 2. The van der Waals surface area contributed by atoms with Gasteiger partial charge in [0.25, 0.3) is 0 Å². The summed E-state index contributed by atoms with van der Waals surface area (Å²) in [5.41, 5.74) is 2.79. The first-order valence-corrected chi connectivity index (χ1v) is 10.8. The molecule has 5 rings (SSSR count). The summed E-state index contributed by atoms with van der Waals surface area (Å²) in [4.78, 5) is 6.23. The van der Waals surface area contributed by atoms with Crippen molar-refractivity contribution in [3.05, 3.63) is 54.7 Å². The van der Waals surface area contributed by atoms with Crippen LogP contribution in [0.1, 0.15) is 25.7 Å². The molecular weight excluding hydrogens is 393 g/mol. The molecule has 2 saturated heterocycles. The fourth-order valence-corrected chi connectivity index (χ4v) is 4.82. The first kappa shape index (κ1) is 19.9. The summed E-state index contributed by atoms with van der Waals surface area (Å²) < 4.78 is 15.0. The molecule has 0 aliphatic carbocycles. The summed E-state index contributed by atoms with van der Waals surface area (Å²) in [6, 6.07) is 14.8. The molecule has 31 heavy (non-hydrogen) atoms. The van der Waals surface area contributed by atoms with Gasteiger partial charge in [-0.3, -0.25) is 4.98 Å². The van der Waals surface area contributed by atoms with Crippen LogP contribution in [0.2, 0.25) is 0 Å². The van der Waals surface area contributed by atoms with Gasteiger partial charge in [-0.1, -0.05) is 18.6 Å². The fourth-order valence-electron chi connectivity index (χ4n) is 4.82. The molecule has 2 aromatic heterocycles. The second-order valence-corrected chi connectivity index (χ2v) is 8.48. The number of nitrogens with one attached hydrogen (secondary N) is 1. The number of aromatic nitrogens is 3. The number of rotatable bonds is 4. The molecule has 1 aromatic carbocycles. The minimum absolute atomic E-state index is 0.0678. The standard InChI is InChI=1S/C24H26FN5O/c1-30(21-14-16-5-4-7-20(27-16)24(21)25)23-11-10-19(28-29-23)17-9-8-15(13-22(17)31)18-6-2-3-12-26-18/h2-3,6,8-13,16,20-21,24,27,31H,4-5,7,14H2,1H3/t16?,20?,21-,24+/m1/s1. The van der Waals surface area contributed by atoms with Crippen molar-refractivity contribution in [2.45, 2.75) is 50.0 Å². The van der Waals surface area contributed by atoms with E-state index in [-0.39, 0.29) is 17.8 Å². The van der Waals surface area contributed by atoms with Crippen LogP contribution in [0.4, 0.5) is 10.2 Å². The highest BCUT2D eigenvalue weighted by Gasteiger charge is 2.41. The van der Waals surface area contributed by atoms with Gasteiger partial charge in [-0.25, -0.2) is 4.39 Å². The van der Waals surface area contributed by atoms with E-state index in [2.05, 4.69) is 20.5 Å². The molecule has 0 spiro atoms. The summed E-state index contributed by atoms with van der Waals surface area (Å²) >= 11 is 0. The maximum Gasteiger partial charge on any atom is 0.151 e. The van der Waals surface area contributed by atoms with Gasteiger partial charge in [-0.2, -0.15) is 0 Å². The third-order valence-electron chi connectivity index (χ3n) is 6.54. The Hall–Kier alpha value is -3.06. The number of pyridine rings is 1. The highest BCUT2D eigenvalue weighted by Crippen LogP contribution is 2.34. The van der Waals surface area contributed by atoms with E-state index in [0.717, 1.165) is 36.9 Å². The van der Waals surface area contributed by atoms with Gasteiger partial charge in [-0.05, 0) is 55.7 Å². The number of hydrogen-bond acceptors (Lipinski definition) is 6. The van der Waals surface area contributed by atoms with Gasteiger partial charge in [-0.15, -0.1) is 10.2 Å². The lowest BCUT2D eigenvalue weighted by Gasteiger charge is -2.46. The lowest BCUT2D eigenvalue weighted by Crippen LogP contribution is -2.61. The van der Waals surface area contributed by atoms with Gasteiger partial charge in [0.2, 0.25) is 0 Å². The third-order valence-corrected chi connectivity index (χ3v) is 6.54. The van der Waals surface area contributed by atoms with Crippen molar-refractivity contribution in [3.63, 3.8) is 0 Å². The van der Waals surface area contributed by atoms with Crippen molar-refractivity contribution >= 4 is 5.82 Å². The molecule has 2 N–H and O–H groups in total. The molecule has 2 aliphatic rings. The van der Waals surface area contributed by atoms with Crippen LogP contribution in [0.15, 0.2) is 54.7 Å². The Labute approximate surface area is 181 Å². The van der Waals surface area contributed by atoms with E-state index in [1.165, 1.54) is 0 Å². The maximum atomic E-state index is 15.0. The van der Waals surface area contributed by atoms with E-state index in [1.807, 2.05) is 54.4 Å². The van der Waals surface area contributed by atoms with Crippen molar-refractivity contribution < 1.29 is 9.50 Å². The number of anilines is 1. The van der Waals surface area contributed by atoms with Crippen LogP contribution < -0.4 is 10.2 Å². The minimum Gasteiger partial charge on any atom is -0.507 e. The van der Waals surface area contributed by atoms with Gasteiger partial charge in [0, 0.05) is 36.5 Å². The molecule has 4 atom stereocenters. The predicted octanol–water partition coefficient (Wildman–Crippen LogP) is 3.97. The Morgan fingerprint density at radius 2 is 1.97 bits per heavy atom. The second kappa shape index (κ2) is 8.23. The van der Waals surface area contributed by atoms with Gasteiger partial charge in [0.05, 0.1) is 17.4 Å². The Kier molecular flexibility index (Phi) is 5.28. The molecule has 4 heterocycles. The number of aromatic hydroxyl groups is 1. The summed E-state index contributed by atoms with van der Waals surface area (Å²) in [7, 11) is 1.89. The monoisotopic (exact) mass is 419 g/mol. The molecule has 2 bridgehead atoms. The van der Waals surface area contributed by atoms with Crippen molar-refractivity contribution in [3.8, 4) is 28.3 Å². The Balaban J connectivity index is 1.35. The molecule has 0 amide bonds. The van der Waals surface area contributed by atoms with Gasteiger partial charge < -0.3 is 15.3 Å². The SMILES string of the molecule is CN(c1ccc(-c2ccc(-c3ccccn3)cc2O)nn1)[C@@H]1CC2CCCC(N2)[C@@H]1F. The smallest absolute Gasteiger partial charge is 0.151 e. The summed E-state index contributed by atoms with van der Waals surface area (Å²) in [5, 5.41) is 22.6. The molecule has 7 heteroatoms. The lowest BCUT2D eigenvalue weighted by molar-refractivity contribution is 0.107. The second-order valence-electron chi connectivity index (χ2n) is 8.48. The lowest BCUT2D eigenvalue weighted by atomic mass is 9.82. The van der Waals surface area contributed by atoms with Crippen LogP contribution in [0.3, 0.4) is 0 Å². The van der Waals surface area contributed by atoms with Gasteiger partial charge in [0.1, 0.15) is 11.9 Å². The highest BCUT2D eigenvalue weighted by molar-refractivity contribution is 5.73. The third kappa shape index (κ3) is 3.85.